The molecule has 9 heteroatoms. The quantitative estimate of drug-likeness (QED) is 0.609. The molecule has 2 aromatic carbocycles. The van der Waals surface area contributed by atoms with Gasteiger partial charge in [-0.2, -0.15) is 0 Å². The van der Waals surface area contributed by atoms with Gasteiger partial charge in [-0.15, -0.1) is 0 Å². The largest absolute Gasteiger partial charge is 0.493 e. The Bertz CT molecular complexity index is 844. The van der Waals surface area contributed by atoms with Crippen LogP contribution in [0.2, 0.25) is 5.02 Å². The molecule has 0 aromatic heterocycles. The highest BCUT2D eigenvalue weighted by atomic mass is 35.5. The summed E-state index contributed by atoms with van der Waals surface area (Å²) < 4.78 is 41.1. The SMILES string of the molecule is COc1ccc(NC(=O)COC(=O)c2cc(F)c(F)cc2Cl)cc1OC. The first kappa shape index (κ1) is 19.5. The number of carbonyl (C=O) groups excluding carboxylic acids is 2. The lowest BCUT2D eigenvalue weighted by Gasteiger charge is -2.11. The summed E-state index contributed by atoms with van der Waals surface area (Å²) in [5.74, 6) is -3.28. The molecule has 0 unspecified atom stereocenters. The van der Waals surface area contributed by atoms with Crippen molar-refractivity contribution in [3.8, 4) is 11.5 Å². The first-order valence-corrected chi connectivity index (χ1v) is 7.57. The monoisotopic (exact) mass is 385 g/mol. The summed E-state index contributed by atoms with van der Waals surface area (Å²) in [5.41, 5.74) is -0.000888. The topological polar surface area (TPSA) is 73.9 Å². The van der Waals surface area contributed by atoms with Crippen LogP contribution in [-0.2, 0) is 9.53 Å². The fourth-order valence-electron chi connectivity index (χ4n) is 2.00. The zero-order valence-corrected chi connectivity index (χ0v) is 14.5. The number of nitrogens with one attached hydrogen (secondary N) is 1. The van der Waals surface area contributed by atoms with Crippen molar-refractivity contribution in [3.05, 3.63) is 52.6 Å². The predicted molar refractivity (Wildman–Crippen MR) is 89.8 cm³/mol. The van der Waals surface area contributed by atoms with Gasteiger partial charge in [0.1, 0.15) is 0 Å². The molecule has 0 aliphatic heterocycles. The number of hydrogen-bond acceptors (Lipinski definition) is 5. The zero-order chi connectivity index (χ0) is 19.3. The number of hydrogen-bond donors (Lipinski definition) is 1. The first-order valence-electron chi connectivity index (χ1n) is 7.19. The Morgan fingerprint density at radius 2 is 1.69 bits per heavy atom. The Morgan fingerprint density at radius 3 is 2.35 bits per heavy atom. The van der Waals surface area contributed by atoms with Crippen molar-refractivity contribution in [1.82, 2.24) is 0 Å². The van der Waals surface area contributed by atoms with Crippen molar-refractivity contribution < 1.29 is 32.6 Å². The fourth-order valence-corrected chi connectivity index (χ4v) is 2.23. The molecule has 0 saturated heterocycles. The molecular weight excluding hydrogens is 372 g/mol. The number of rotatable bonds is 6. The molecule has 2 aromatic rings. The lowest BCUT2D eigenvalue weighted by molar-refractivity contribution is -0.119. The molecule has 0 heterocycles. The van der Waals surface area contributed by atoms with Gasteiger partial charge < -0.3 is 19.5 Å². The van der Waals surface area contributed by atoms with Crippen LogP contribution in [0.1, 0.15) is 10.4 Å². The van der Waals surface area contributed by atoms with Crippen molar-refractivity contribution in [2.24, 2.45) is 0 Å². The molecule has 138 valence electrons. The van der Waals surface area contributed by atoms with E-state index in [-0.39, 0.29) is 10.6 Å². The third-order valence-corrected chi connectivity index (χ3v) is 3.54. The second-order valence-electron chi connectivity index (χ2n) is 4.94. The molecule has 0 aliphatic rings. The third kappa shape index (κ3) is 4.60. The number of halogens is 3. The predicted octanol–water partition coefficient (Wildman–Crippen LogP) is 3.43. The van der Waals surface area contributed by atoms with Gasteiger partial charge >= 0.3 is 5.97 Å². The van der Waals surface area contributed by atoms with Crippen molar-refractivity contribution in [3.63, 3.8) is 0 Å². The van der Waals surface area contributed by atoms with Gasteiger partial charge in [-0.3, -0.25) is 4.79 Å². The van der Waals surface area contributed by atoms with E-state index in [2.05, 4.69) is 5.32 Å². The minimum absolute atomic E-state index is 0.325. The first-order chi connectivity index (χ1) is 12.3. The van der Waals surface area contributed by atoms with Crippen molar-refractivity contribution >= 4 is 29.2 Å². The number of amides is 1. The van der Waals surface area contributed by atoms with E-state index in [4.69, 9.17) is 25.8 Å². The number of esters is 1. The van der Waals surface area contributed by atoms with Crippen molar-refractivity contribution in [2.45, 2.75) is 0 Å². The summed E-state index contributed by atoms with van der Waals surface area (Å²) >= 11 is 5.67. The minimum atomic E-state index is -1.25. The van der Waals surface area contributed by atoms with Crippen LogP contribution < -0.4 is 14.8 Å². The van der Waals surface area contributed by atoms with Crippen LogP contribution in [0, 0.1) is 11.6 Å². The summed E-state index contributed by atoms with van der Waals surface area (Å²) in [7, 11) is 2.91. The second kappa shape index (κ2) is 8.48. The Balaban J connectivity index is 1.99. The highest BCUT2D eigenvalue weighted by Crippen LogP contribution is 2.29. The Kier molecular flexibility index (Phi) is 6.35. The molecule has 0 radical (unpaired) electrons. The van der Waals surface area contributed by atoms with E-state index >= 15 is 0 Å². The van der Waals surface area contributed by atoms with Crippen LogP contribution in [0.5, 0.6) is 11.5 Å². The number of anilines is 1. The number of carbonyl (C=O) groups is 2. The van der Waals surface area contributed by atoms with Gasteiger partial charge in [0.05, 0.1) is 24.8 Å². The molecule has 0 spiro atoms. The van der Waals surface area contributed by atoms with Crippen LogP contribution in [0.4, 0.5) is 14.5 Å². The maximum absolute atomic E-state index is 13.2. The van der Waals surface area contributed by atoms with E-state index in [0.717, 1.165) is 0 Å². The van der Waals surface area contributed by atoms with Crippen molar-refractivity contribution in [1.29, 1.82) is 0 Å². The van der Waals surface area contributed by atoms with E-state index in [9.17, 15) is 18.4 Å². The summed E-state index contributed by atoms with van der Waals surface area (Å²) in [6.45, 7) is -0.650. The van der Waals surface area contributed by atoms with E-state index < -0.39 is 30.1 Å². The van der Waals surface area contributed by atoms with Gasteiger partial charge in [-0.05, 0) is 24.3 Å². The highest BCUT2D eigenvalue weighted by Gasteiger charge is 2.17. The van der Waals surface area contributed by atoms with Crippen LogP contribution in [-0.4, -0.2) is 32.7 Å². The van der Waals surface area contributed by atoms with E-state index in [1.54, 1.807) is 12.1 Å². The fraction of sp³-hybridized carbons (Fsp3) is 0.176. The molecule has 1 amide bonds. The third-order valence-electron chi connectivity index (χ3n) is 3.23. The molecule has 6 nitrogen and oxygen atoms in total. The highest BCUT2D eigenvalue weighted by molar-refractivity contribution is 6.33. The maximum Gasteiger partial charge on any atom is 0.340 e. The summed E-state index contributed by atoms with van der Waals surface area (Å²) in [5, 5.41) is 2.17. The molecular formula is C17H14ClF2NO5. The van der Waals surface area contributed by atoms with Gasteiger partial charge in [0, 0.05) is 11.8 Å². The van der Waals surface area contributed by atoms with Gasteiger partial charge in [-0.25, -0.2) is 13.6 Å². The van der Waals surface area contributed by atoms with Gasteiger partial charge in [0.2, 0.25) is 0 Å². The van der Waals surface area contributed by atoms with E-state index in [1.165, 1.54) is 20.3 Å². The normalized spacial score (nSPS) is 10.2. The molecule has 0 bridgehead atoms. The smallest absolute Gasteiger partial charge is 0.340 e. The van der Waals surface area contributed by atoms with E-state index in [0.29, 0.717) is 29.3 Å². The molecule has 0 fully saturated rings. The summed E-state index contributed by atoms with van der Waals surface area (Å²) in [4.78, 5) is 23.7. The van der Waals surface area contributed by atoms with Gasteiger partial charge in [0.25, 0.3) is 5.91 Å². The van der Waals surface area contributed by atoms with Gasteiger partial charge in [0.15, 0.2) is 29.7 Å². The Morgan fingerprint density at radius 1 is 1.04 bits per heavy atom. The summed E-state index contributed by atoms with van der Waals surface area (Å²) in [6, 6.07) is 5.92. The zero-order valence-electron chi connectivity index (χ0n) is 13.8. The molecule has 0 aliphatic carbocycles. The maximum atomic E-state index is 13.2. The second-order valence-corrected chi connectivity index (χ2v) is 5.35. The average molecular weight is 386 g/mol. The number of methoxy groups -OCH3 is 2. The van der Waals surface area contributed by atoms with E-state index in [1.807, 2.05) is 0 Å². The van der Waals surface area contributed by atoms with Crippen molar-refractivity contribution in [2.75, 3.05) is 26.1 Å². The molecule has 2 rings (SSSR count). The van der Waals surface area contributed by atoms with Crippen LogP contribution in [0.3, 0.4) is 0 Å². The molecule has 1 N–H and O–H groups in total. The van der Waals surface area contributed by atoms with Gasteiger partial charge in [-0.1, -0.05) is 11.6 Å². The minimum Gasteiger partial charge on any atom is -0.493 e. The Labute approximate surface area is 152 Å². The lowest BCUT2D eigenvalue weighted by atomic mass is 10.2. The van der Waals surface area contributed by atoms with Crippen LogP contribution in [0.25, 0.3) is 0 Å². The van der Waals surface area contributed by atoms with Crippen LogP contribution in [0.15, 0.2) is 30.3 Å². The lowest BCUT2D eigenvalue weighted by Crippen LogP contribution is -2.21. The molecule has 0 saturated carbocycles. The standard InChI is InChI=1S/C17H14ClF2NO5/c1-24-14-4-3-9(5-15(14)25-2)21-16(22)8-26-17(23)10-6-12(19)13(20)7-11(10)18/h3-7H,8H2,1-2H3,(H,21,22). The summed E-state index contributed by atoms with van der Waals surface area (Å²) in [6.07, 6.45) is 0. The van der Waals surface area contributed by atoms with Crippen LogP contribution >= 0.6 is 11.6 Å². The number of ether oxygens (including phenoxy) is 3. The number of benzene rings is 2. The average Bonchev–Trinajstić information content (AvgIpc) is 2.62. The molecule has 26 heavy (non-hydrogen) atoms. The Hall–Kier alpha value is -2.87. The molecule has 0 atom stereocenters.